The normalized spacial score (nSPS) is 27.4. The molecule has 2 fully saturated rings. The number of sulfonamides is 1. The number of hydrogen-bond acceptors (Lipinski definition) is 6. The van der Waals surface area contributed by atoms with E-state index < -0.39 is 10.0 Å². The van der Waals surface area contributed by atoms with Gasteiger partial charge in [0.15, 0.2) is 0 Å². The Morgan fingerprint density at radius 1 is 1.19 bits per heavy atom. The second-order valence-electron chi connectivity index (χ2n) is 7.05. The highest BCUT2D eigenvalue weighted by atomic mass is 32.2. The van der Waals surface area contributed by atoms with Gasteiger partial charge in [-0.25, -0.2) is 8.42 Å². The predicted octanol–water partition coefficient (Wildman–Crippen LogP) is 1.08. The van der Waals surface area contributed by atoms with E-state index in [0.717, 1.165) is 0 Å². The molecule has 2 aliphatic rings. The standard InChI is InChI=1S/C17H27N3O4S2/c1-13-11-19(12-14(2)24-13)17(21)15(3)18-6-8-20(9-7-18)26(22,23)16-5-4-10-25-16/h4-5,10,13-15H,6-9,11-12H2,1-3H3. The van der Waals surface area contributed by atoms with Crippen molar-refractivity contribution in [3.63, 3.8) is 0 Å². The number of amides is 1. The Bertz CT molecular complexity index is 704. The second-order valence-corrected chi connectivity index (χ2v) is 10.2. The summed E-state index contributed by atoms with van der Waals surface area (Å²) in [5.41, 5.74) is 0. The quantitative estimate of drug-likeness (QED) is 0.755. The van der Waals surface area contributed by atoms with Crippen LogP contribution in [0.1, 0.15) is 20.8 Å². The molecule has 7 nitrogen and oxygen atoms in total. The number of carbonyl (C=O) groups is 1. The van der Waals surface area contributed by atoms with Gasteiger partial charge in [-0.15, -0.1) is 11.3 Å². The van der Waals surface area contributed by atoms with Crippen LogP contribution in [0.5, 0.6) is 0 Å². The molecule has 3 rings (SSSR count). The van der Waals surface area contributed by atoms with Gasteiger partial charge in [0.1, 0.15) is 4.21 Å². The fourth-order valence-corrected chi connectivity index (χ4v) is 6.21. The SMILES string of the molecule is CC1CN(C(=O)C(C)N2CCN(S(=O)(=O)c3cccs3)CC2)CC(C)O1. The Morgan fingerprint density at radius 3 is 2.35 bits per heavy atom. The molecular weight excluding hydrogens is 374 g/mol. The van der Waals surface area contributed by atoms with Gasteiger partial charge in [0.2, 0.25) is 5.91 Å². The lowest BCUT2D eigenvalue weighted by Crippen LogP contribution is -2.58. The largest absolute Gasteiger partial charge is 0.372 e. The summed E-state index contributed by atoms with van der Waals surface area (Å²) in [5, 5.41) is 1.77. The van der Waals surface area contributed by atoms with Crippen LogP contribution >= 0.6 is 11.3 Å². The molecule has 0 spiro atoms. The molecule has 1 amide bonds. The highest BCUT2D eigenvalue weighted by Gasteiger charge is 2.35. The molecule has 0 radical (unpaired) electrons. The molecule has 26 heavy (non-hydrogen) atoms. The summed E-state index contributed by atoms with van der Waals surface area (Å²) in [6, 6.07) is 3.14. The maximum Gasteiger partial charge on any atom is 0.252 e. The van der Waals surface area contributed by atoms with Gasteiger partial charge in [-0.3, -0.25) is 9.69 Å². The number of thiophene rings is 1. The zero-order valence-electron chi connectivity index (χ0n) is 15.5. The lowest BCUT2D eigenvalue weighted by atomic mass is 10.1. The van der Waals surface area contributed by atoms with Crippen LogP contribution in [0.2, 0.25) is 0 Å². The first kappa shape index (κ1) is 19.8. The molecule has 2 saturated heterocycles. The number of ether oxygens (including phenoxy) is 1. The van der Waals surface area contributed by atoms with Gasteiger partial charge >= 0.3 is 0 Å². The van der Waals surface area contributed by atoms with Crippen LogP contribution < -0.4 is 0 Å². The van der Waals surface area contributed by atoms with E-state index in [-0.39, 0.29) is 24.2 Å². The molecule has 0 aliphatic carbocycles. The van der Waals surface area contributed by atoms with Crippen molar-refractivity contribution in [1.29, 1.82) is 0 Å². The molecule has 0 bridgehead atoms. The average molecular weight is 402 g/mol. The van der Waals surface area contributed by atoms with Gasteiger partial charge in [-0.1, -0.05) is 6.07 Å². The minimum atomic E-state index is -3.41. The van der Waals surface area contributed by atoms with Crippen LogP contribution in [0.25, 0.3) is 0 Å². The minimum absolute atomic E-state index is 0.0442. The van der Waals surface area contributed by atoms with E-state index in [4.69, 9.17) is 4.74 Å². The van der Waals surface area contributed by atoms with Crippen molar-refractivity contribution in [2.24, 2.45) is 0 Å². The Labute approximate surface area is 159 Å². The molecule has 9 heteroatoms. The summed E-state index contributed by atoms with van der Waals surface area (Å²) < 4.78 is 32.8. The van der Waals surface area contributed by atoms with Crippen molar-refractivity contribution in [2.75, 3.05) is 39.3 Å². The lowest BCUT2D eigenvalue weighted by Gasteiger charge is -2.41. The summed E-state index contributed by atoms with van der Waals surface area (Å²) in [6.45, 7) is 9.04. The van der Waals surface area contributed by atoms with Gasteiger partial charge in [0.05, 0.1) is 18.2 Å². The summed E-state index contributed by atoms with van der Waals surface area (Å²) in [4.78, 5) is 16.8. The zero-order valence-corrected chi connectivity index (χ0v) is 17.1. The van der Waals surface area contributed by atoms with E-state index in [1.54, 1.807) is 17.5 Å². The van der Waals surface area contributed by atoms with Crippen LogP contribution in [0.3, 0.4) is 0 Å². The van der Waals surface area contributed by atoms with Crippen molar-refractivity contribution < 1.29 is 17.9 Å². The molecular formula is C17H27N3O4S2. The summed E-state index contributed by atoms with van der Waals surface area (Å²) >= 11 is 1.24. The Balaban J connectivity index is 1.58. The number of rotatable bonds is 4. The van der Waals surface area contributed by atoms with Crippen LogP contribution in [0, 0.1) is 0 Å². The smallest absolute Gasteiger partial charge is 0.252 e. The monoisotopic (exact) mass is 401 g/mol. The number of morpholine rings is 1. The van der Waals surface area contributed by atoms with Crippen molar-refractivity contribution in [1.82, 2.24) is 14.1 Å². The van der Waals surface area contributed by atoms with Crippen molar-refractivity contribution >= 4 is 27.3 Å². The average Bonchev–Trinajstić information content (AvgIpc) is 3.15. The summed E-state index contributed by atoms with van der Waals surface area (Å²) in [5.74, 6) is 0.0987. The summed E-state index contributed by atoms with van der Waals surface area (Å²) in [7, 11) is -3.41. The Morgan fingerprint density at radius 2 is 1.81 bits per heavy atom. The molecule has 1 aromatic rings. The third kappa shape index (κ3) is 4.12. The second kappa shape index (κ2) is 7.93. The van der Waals surface area contributed by atoms with Gasteiger partial charge in [-0.2, -0.15) is 4.31 Å². The maximum absolute atomic E-state index is 12.9. The highest BCUT2D eigenvalue weighted by molar-refractivity contribution is 7.91. The number of nitrogens with zero attached hydrogens (tertiary/aromatic N) is 3. The molecule has 0 aromatic carbocycles. The molecule has 3 atom stereocenters. The zero-order chi connectivity index (χ0) is 18.9. The maximum atomic E-state index is 12.9. The predicted molar refractivity (Wildman–Crippen MR) is 101 cm³/mol. The first-order valence-corrected chi connectivity index (χ1v) is 11.3. The van der Waals surface area contributed by atoms with Crippen molar-refractivity contribution in [2.45, 2.75) is 43.2 Å². The van der Waals surface area contributed by atoms with E-state index in [1.807, 2.05) is 25.7 Å². The lowest BCUT2D eigenvalue weighted by molar-refractivity contribution is -0.148. The minimum Gasteiger partial charge on any atom is -0.372 e. The van der Waals surface area contributed by atoms with E-state index in [0.29, 0.717) is 43.5 Å². The van der Waals surface area contributed by atoms with E-state index in [1.165, 1.54) is 15.6 Å². The van der Waals surface area contributed by atoms with Gasteiger partial charge in [0.25, 0.3) is 10.0 Å². The van der Waals surface area contributed by atoms with Gasteiger partial charge in [-0.05, 0) is 32.2 Å². The molecule has 2 aliphatic heterocycles. The molecule has 146 valence electrons. The third-order valence-electron chi connectivity index (χ3n) is 5.00. The molecule has 0 N–H and O–H groups in total. The van der Waals surface area contributed by atoms with Crippen LogP contribution in [-0.4, -0.2) is 85.9 Å². The topological polar surface area (TPSA) is 70.2 Å². The first-order valence-electron chi connectivity index (χ1n) is 9.01. The first-order chi connectivity index (χ1) is 12.3. The molecule has 3 unspecified atom stereocenters. The van der Waals surface area contributed by atoms with E-state index in [2.05, 4.69) is 4.90 Å². The molecule has 0 saturated carbocycles. The number of carbonyl (C=O) groups excluding carboxylic acids is 1. The third-order valence-corrected chi connectivity index (χ3v) is 8.27. The van der Waals surface area contributed by atoms with Crippen LogP contribution in [0.4, 0.5) is 0 Å². The summed E-state index contributed by atoms with van der Waals surface area (Å²) in [6.07, 6.45) is 0.0883. The number of piperazine rings is 1. The van der Waals surface area contributed by atoms with Crippen LogP contribution in [-0.2, 0) is 19.6 Å². The Hall–Kier alpha value is -1.00. The van der Waals surface area contributed by atoms with E-state index >= 15 is 0 Å². The number of hydrogen-bond donors (Lipinski definition) is 0. The fourth-order valence-electron chi connectivity index (χ4n) is 3.65. The fraction of sp³-hybridized carbons (Fsp3) is 0.706. The molecule has 3 heterocycles. The van der Waals surface area contributed by atoms with Gasteiger partial charge in [0, 0.05) is 39.3 Å². The Kier molecular flexibility index (Phi) is 6.03. The highest BCUT2D eigenvalue weighted by Crippen LogP contribution is 2.23. The van der Waals surface area contributed by atoms with Crippen LogP contribution in [0.15, 0.2) is 21.7 Å². The van der Waals surface area contributed by atoms with E-state index in [9.17, 15) is 13.2 Å². The van der Waals surface area contributed by atoms with Crippen molar-refractivity contribution in [3.05, 3.63) is 17.5 Å². The van der Waals surface area contributed by atoms with Crippen molar-refractivity contribution in [3.8, 4) is 0 Å². The molecule has 1 aromatic heterocycles. The van der Waals surface area contributed by atoms with Gasteiger partial charge < -0.3 is 9.64 Å².